The maximum Gasteiger partial charge on any atom is 0.338 e. The number of benzene rings is 2. The molecule has 0 spiro atoms. The fourth-order valence-corrected chi connectivity index (χ4v) is 1.85. The van der Waals surface area contributed by atoms with Gasteiger partial charge in [-0.25, -0.2) is 4.79 Å². The van der Waals surface area contributed by atoms with E-state index in [2.05, 4.69) is 0 Å². The Morgan fingerprint density at radius 2 is 1.63 bits per heavy atom. The zero-order chi connectivity index (χ0) is 13.8. The maximum atomic E-state index is 12.3. The van der Waals surface area contributed by atoms with Crippen molar-refractivity contribution in [2.45, 2.75) is 6.92 Å². The lowest BCUT2D eigenvalue weighted by Crippen LogP contribution is -2.07. The van der Waals surface area contributed by atoms with E-state index in [9.17, 15) is 9.59 Å². The number of esters is 1. The van der Waals surface area contributed by atoms with Crippen LogP contribution >= 0.6 is 0 Å². The van der Waals surface area contributed by atoms with Crippen LogP contribution in [0.3, 0.4) is 0 Å². The van der Waals surface area contributed by atoms with Crippen LogP contribution in [0.15, 0.2) is 48.5 Å². The van der Waals surface area contributed by atoms with Gasteiger partial charge in [0.25, 0.3) is 0 Å². The van der Waals surface area contributed by atoms with Gasteiger partial charge in [-0.05, 0) is 18.6 Å². The van der Waals surface area contributed by atoms with E-state index in [0.717, 1.165) is 5.56 Å². The molecule has 2 aromatic rings. The number of methoxy groups -OCH3 is 1. The molecule has 0 aromatic heterocycles. The highest BCUT2D eigenvalue weighted by Gasteiger charge is 2.14. The molecule has 0 amide bonds. The molecular weight excluding hydrogens is 240 g/mol. The highest BCUT2D eigenvalue weighted by molar-refractivity contribution is 6.10. The molecule has 0 bridgehead atoms. The summed E-state index contributed by atoms with van der Waals surface area (Å²) in [5.74, 6) is -0.536. The molecule has 0 aliphatic rings. The van der Waals surface area contributed by atoms with Crippen molar-refractivity contribution in [1.82, 2.24) is 0 Å². The van der Waals surface area contributed by atoms with Gasteiger partial charge in [-0.3, -0.25) is 4.79 Å². The van der Waals surface area contributed by atoms with Crippen LogP contribution in [0.5, 0.6) is 0 Å². The minimum absolute atomic E-state index is 0.106. The SMILES string of the molecule is COC(=O)c1cc(C(=O)c2ccccc2)ccc1C. The first-order chi connectivity index (χ1) is 9.13. The van der Waals surface area contributed by atoms with Crippen molar-refractivity contribution in [3.8, 4) is 0 Å². The summed E-state index contributed by atoms with van der Waals surface area (Å²) >= 11 is 0. The fraction of sp³-hybridized carbons (Fsp3) is 0.125. The minimum Gasteiger partial charge on any atom is -0.465 e. The van der Waals surface area contributed by atoms with Gasteiger partial charge in [-0.15, -0.1) is 0 Å². The Morgan fingerprint density at radius 1 is 0.947 bits per heavy atom. The van der Waals surface area contributed by atoms with Crippen LogP contribution in [0.1, 0.15) is 31.8 Å². The number of hydrogen-bond acceptors (Lipinski definition) is 3. The molecule has 3 heteroatoms. The van der Waals surface area contributed by atoms with Gasteiger partial charge in [-0.2, -0.15) is 0 Å². The first-order valence-electron chi connectivity index (χ1n) is 5.92. The molecule has 0 N–H and O–H groups in total. The van der Waals surface area contributed by atoms with Crippen molar-refractivity contribution < 1.29 is 14.3 Å². The van der Waals surface area contributed by atoms with Gasteiger partial charge >= 0.3 is 5.97 Å². The van der Waals surface area contributed by atoms with E-state index >= 15 is 0 Å². The molecule has 0 saturated carbocycles. The fourth-order valence-electron chi connectivity index (χ4n) is 1.85. The standard InChI is InChI=1S/C16H14O3/c1-11-8-9-13(10-14(11)16(18)19-2)15(17)12-6-4-3-5-7-12/h3-10H,1-2H3. The van der Waals surface area contributed by atoms with Crippen molar-refractivity contribution in [3.63, 3.8) is 0 Å². The predicted molar refractivity (Wildman–Crippen MR) is 72.4 cm³/mol. The van der Waals surface area contributed by atoms with Crippen molar-refractivity contribution >= 4 is 11.8 Å². The number of ether oxygens (including phenoxy) is 1. The summed E-state index contributed by atoms with van der Waals surface area (Å²) in [6.07, 6.45) is 0. The number of carbonyl (C=O) groups excluding carboxylic acids is 2. The van der Waals surface area contributed by atoms with Crippen LogP contribution in [0.2, 0.25) is 0 Å². The zero-order valence-electron chi connectivity index (χ0n) is 10.8. The molecule has 0 unspecified atom stereocenters. The lowest BCUT2D eigenvalue weighted by Gasteiger charge is -2.07. The predicted octanol–water partition coefficient (Wildman–Crippen LogP) is 3.01. The van der Waals surface area contributed by atoms with E-state index in [0.29, 0.717) is 16.7 Å². The van der Waals surface area contributed by atoms with Gasteiger partial charge in [0, 0.05) is 11.1 Å². The Morgan fingerprint density at radius 3 is 2.26 bits per heavy atom. The summed E-state index contributed by atoms with van der Waals surface area (Å²) in [4.78, 5) is 23.9. The molecule has 0 aliphatic carbocycles. The quantitative estimate of drug-likeness (QED) is 0.624. The van der Waals surface area contributed by atoms with E-state index in [1.165, 1.54) is 7.11 Å². The average molecular weight is 254 g/mol. The van der Waals surface area contributed by atoms with Gasteiger partial charge in [-0.1, -0.05) is 42.5 Å². The minimum atomic E-state index is -0.430. The second-order valence-electron chi connectivity index (χ2n) is 4.22. The largest absolute Gasteiger partial charge is 0.465 e. The summed E-state index contributed by atoms with van der Waals surface area (Å²) in [6.45, 7) is 1.81. The van der Waals surface area contributed by atoms with Gasteiger partial charge in [0.1, 0.15) is 0 Å². The molecule has 0 fully saturated rings. The molecule has 0 heterocycles. The number of rotatable bonds is 3. The first-order valence-corrected chi connectivity index (χ1v) is 5.92. The van der Waals surface area contributed by atoms with Crippen LogP contribution in [0.4, 0.5) is 0 Å². The number of aryl methyl sites for hydroxylation is 1. The highest BCUT2D eigenvalue weighted by Crippen LogP contribution is 2.16. The van der Waals surface area contributed by atoms with Crippen molar-refractivity contribution in [2.24, 2.45) is 0 Å². The first kappa shape index (κ1) is 13.0. The van der Waals surface area contributed by atoms with Gasteiger partial charge < -0.3 is 4.74 Å². The molecule has 0 radical (unpaired) electrons. The molecule has 0 saturated heterocycles. The molecule has 19 heavy (non-hydrogen) atoms. The highest BCUT2D eigenvalue weighted by atomic mass is 16.5. The van der Waals surface area contributed by atoms with Gasteiger partial charge in [0.2, 0.25) is 0 Å². The van der Waals surface area contributed by atoms with Crippen LogP contribution < -0.4 is 0 Å². The molecule has 2 rings (SSSR count). The van der Waals surface area contributed by atoms with Crippen molar-refractivity contribution in [1.29, 1.82) is 0 Å². The van der Waals surface area contributed by atoms with Crippen LogP contribution in [0, 0.1) is 6.92 Å². The van der Waals surface area contributed by atoms with E-state index < -0.39 is 5.97 Å². The second kappa shape index (κ2) is 5.48. The monoisotopic (exact) mass is 254 g/mol. The zero-order valence-corrected chi connectivity index (χ0v) is 10.8. The molecule has 0 aliphatic heterocycles. The number of ketones is 1. The summed E-state index contributed by atoms with van der Waals surface area (Å²) in [6, 6.07) is 14.0. The van der Waals surface area contributed by atoms with E-state index in [1.807, 2.05) is 25.1 Å². The summed E-state index contributed by atoms with van der Waals surface area (Å²) in [5.41, 5.74) is 2.29. The summed E-state index contributed by atoms with van der Waals surface area (Å²) in [5, 5.41) is 0. The summed E-state index contributed by atoms with van der Waals surface area (Å²) in [7, 11) is 1.33. The van der Waals surface area contributed by atoms with Gasteiger partial charge in [0.15, 0.2) is 5.78 Å². The Balaban J connectivity index is 2.42. The topological polar surface area (TPSA) is 43.4 Å². The Kier molecular flexibility index (Phi) is 3.76. The van der Waals surface area contributed by atoms with Crippen LogP contribution in [-0.2, 0) is 4.74 Å². The molecule has 2 aromatic carbocycles. The van der Waals surface area contributed by atoms with Crippen molar-refractivity contribution in [3.05, 3.63) is 70.8 Å². The van der Waals surface area contributed by atoms with E-state index in [4.69, 9.17) is 4.74 Å². The molecular formula is C16H14O3. The maximum absolute atomic E-state index is 12.3. The second-order valence-corrected chi connectivity index (χ2v) is 4.22. The number of hydrogen-bond donors (Lipinski definition) is 0. The third kappa shape index (κ3) is 2.71. The average Bonchev–Trinajstić information content (AvgIpc) is 2.47. The van der Waals surface area contributed by atoms with E-state index in [-0.39, 0.29) is 5.78 Å². The van der Waals surface area contributed by atoms with E-state index in [1.54, 1.807) is 30.3 Å². The molecule has 3 nitrogen and oxygen atoms in total. The van der Waals surface area contributed by atoms with Crippen LogP contribution in [-0.4, -0.2) is 18.9 Å². The smallest absolute Gasteiger partial charge is 0.338 e. The third-order valence-electron chi connectivity index (χ3n) is 2.94. The van der Waals surface area contributed by atoms with Gasteiger partial charge in [0.05, 0.1) is 12.7 Å². The Bertz CT molecular complexity index is 615. The Labute approximate surface area is 111 Å². The normalized spacial score (nSPS) is 10.0. The number of carbonyl (C=O) groups is 2. The Hall–Kier alpha value is -2.42. The molecule has 0 atom stereocenters. The lowest BCUT2D eigenvalue weighted by atomic mass is 9.99. The summed E-state index contributed by atoms with van der Waals surface area (Å²) < 4.78 is 4.71. The van der Waals surface area contributed by atoms with Crippen LogP contribution in [0.25, 0.3) is 0 Å². The lowest BCUT2D eigenvalue weighted by molar-refractivity contribution is 0.0600. The molecule has 96 valence electrons. The third-order valence-corrected chi connectivity index (χ3v) is 2.94. The van der Waals surface area contributed by atoms with Crippen molar-refractivity contribution in [2.75, 3.05) is 7.11 Å².